The summed E-state index contributed by atoms with van der Waals surface area (Å²) in [7, 11) is 0. The summed E-state index contributed by atoms with van der Waals surface area (Å²) in [4.78, 5) is 4.36. The van der Waals surface area contributed by atoms with Crippen LogP contribution in [0.5, 0.6) is 0 Å². The van der Waals surface area contributed by atoms with Gasteiger partial charge in [-0.2, -0.15) is 0 Å². The molecule has 0 bridgehead atoms. The van der Waals surface area contributed by atoms with Crippen LogP contribution in [0.1, 0.15) is 11.1 Å². The van der Waals surface area contributed by atoms with Crippen LogP contribution in [0.4, 0.5) is 5.69 Å². The van der Waals surface area contributed by atoms with Gasteiger partial charge in [0.15, 0.2) is 0 Å². The number of aryl methyl sites for hydroxylation is 1. The van der Waals surface area contributed by atoms with Gasteiger partial charge in [-0.15, -0.1) is 12.4 Å². The standard InChI is InChI=1S/C14H14N2.ClH/c1-11-6-5-7-12(10-11)14(15)16-13-8-3-2-4-9-13;/h2-10H,1H3,(H2,15,16);1H. The SMILES string of the molecule is Cc1cccc(C(N)=Nc2ccccc2)c1.Cl. The number of nitrogens with zero attached hydrogens (tertiary/aromatic N) is 1. The van der Waals surface area contributed by atoms with E-state index in [1.807, 2.05) is 61.5 Å². The van der Waals surface area contributed by atoms with Gasteiger partial charge in [0, 0.05) is 5.56 Å². The van der Waals surface area contributed by atoms with E-state index in [1.165, 1.54) is 5.56 Å². The smallest absolute Gasteiger partial charge is 0.131 e. The average Bonchev–Trinajstić information content (AvgIpc) is 2.30. The molecular formula is C14H15ClN2. The molecule has 2 nitrogen and oxygen atoms in total. The minimum absolute atomic E-state index is 0. The number of halogens is 1. The topological polar surface area (TPSA) is 38.4 Å². The van der Waals surface area contributed by atoms with Crippen molar-refractivity contribution in [2.45, 2.75) is 6.92 Å². The molecule has 0 heterocycles. The summed E-state index contributed by atoms with van der Waals surface area (Å²) in [6, 6.07) is 17.7. The second kappa shape index (κ2) is 6.06. The Labute approximate surface area is 108 Å². The van der Waals surface area contributed by atoms with Crippen LogP contribution < -0.4 is 5.73 Å². The minimum Gasteiger partial charge on any atom is -0.383 e. The Balaban J connectivity index is 0.00000144. The van der Waals surface area contributed by atoms with E-state index in [-0.39, 0.29) is 12.4 Å². The third kappa shape index (κ3) is 3.61. The van der Waals surface area contributed by atoms with Crippen LogP contribution in [0, 0.1) is 6.92 Å². The molecule has 0 aliphatic rings. The molecule has 2 aromatic carbocycles. The molecule has 0 aliphatic carbocycles. The monoisotopic (exact) mass is 246 g/mol. The number of nitrogens with two attached hydrogens (primary N) is 1. The molecule has 0 radical (unpaired) electrons. The highest BCUT2D eigenvalue weighted by molar-refractivity contribution is 5.99. The Morgan fingerprint density at radius 3 is 2.35 bits per heavy atom. The van der Waals surface area contributed by atoms with Crippen molar-refractivity contribution < 1.29 is 0 Å². The summed E-state index contributed by atoms with van der Waals surface area (Å²) >= 11 is 0. The number of hydrogen-bond acceptors (Lipinski definition) is 1. The van der Waals surface area contributed by atoms with E-state index in [1.54, 1.807) is 0 Å². The Bertz CT molecular complexity index is 507. The van der Waals surface area contributed by atoms with Crippen molar-refractivity contribution in [2.24, 2.45) is 10.7 Å². The number of para-hydroxylation sites is 1. The highest BCUT2D eigenvalue weighted by Crippen LogP contribution is 2.12. The first-order valence-electron chi connectivity index (χ1n) is 5.22. The molecule has 2 rings (SSSR count). The van der Waals surface area contributed by atoms with Gasteiger partial charge in [-0.1, -0.05) is 42.0 Å². The molecule has 3 heteroatoms. The fraction of sp³-hybridized carbons (Fsp3) is 0.0714. The van der Waals surface area contributed by atoms with E-state index in [9.17, 15) is 0 Å². The summed E-state index contributed by atoms with van der Waals surface area (Å²) in [5.74, 6) is 0.551. The van der Waals surface area contributed by atoms with Crippen molar-refractivity contribution in [2.75, 3.05) is 0 Å². The molecule has 0 aliphatic heterocycles. The molecule has 0 unspecified atom stereocenters. The van der Waals surface area contributed by atoms with Crippen LogP contribution in [-0.2, 0) is 0 Å². The average molecular weight is 247 g/mol. The van der Waals surface area contributed by atoms with Gasteiger partial charge in [0.05, 0.1) is 5.69 Å². The minimum atomic E-state index is 0. The predicted molar refractivity (Wildman–Crippen MR) is 75.3 cm³/mol. The van der Waals surface area contributed by atoms with Crippen LogP contribution >= 0.6 is 12.4 Å². The molecular weight excluding hydrogens is 232 g/mol. The van der Waals surface area contributed by atoms with Crippen LogP contribution in [0.15, 0.2) is 59.6 Å². The number of rotatable bonds is 2. The highest BCUT2D eigenvalue weighted by atomic mass is 35.5. The van der Waals surface area contributed by atoms with Crippen LogP contribution in [-0.4, -0.2) is 5.84 Å². The quantitative estimate of drug-likeness (QED) is 0.640. The molecule has 88 valence electrons. The summed E-state index contributed by atoms with van der Waals surface area (Å²) in [6.45, 7) is 2.04. The second-order valence-electron chi connectivity index (χ2n) is 3.70. The van der Waals surface area contributed by atoms with Crippen molar-refractivity contribution in [3.05, 3.63) is 65.7 Å². The van der Waals surface area contributed by atoms with Crippen molar-refractivity contribution >= 4 is 23.9 Å². The predicted octanol–water partition coefficient (Wildman–Crippen LogP) is 3.45. The lowest BCUT2D eigenvalue weighted by Crippen LogP contribution is -2.12. The number of benzene rings is 2. The molecule has 2 aromatic rings. The Morgan fingerprint density at radius 2 is 1.71 bits per heavy atom. The fourth-order valence-electron chi connectivity index (χ4n) is 1.51. The second-order valence-corrected chi connectivity index (χ2v) is 3.70. The summed E-state index contributed by atoms with van der Waals surface area (Å²) in [6.07, 6.45) is 0. The molecule has 0 aromatic heterocycles. The molecule has 17 heavy (non-hydrogen) atoms. The molecule has 0 saturated carbocycles. The first-order valence-corrected chi connectivity index (χ1v) is 5.22. The van der Waals surface area contributed by atoms with Crippen molar-refractivity contribution in [3.8, 4) is 0 Å². The van der Waals surface area contributed by atoms with Gasteiger partial charge in [-0.05, 0) is 25.1 Å². The van der Waals surface area contributed by atoms with E-state index >= 15 is 0 Å². The summed E-state index contributed by atoms with van der Waals surface area (Å²) < 4.78 is 0. The Morgan fingerprint density at radius 1 is 1.00 bits per heavy atom. The zero-order valence-electron chi connectivity index (χ0n) is 9.63. The maximum atomic E-state index is 5.95. The zero-order valence-corrected chi connectivity index (χ0v) is 10.4. The van der Waals surface area contributed by atoms with Gasteiger partial charge >= 0.3 is 0 Å². The maximum absolute atomic E-state index is 5.95. The van der Waals surface area contributed by atoms with E-state index in [0.717, 1.165) is 11.3 Å². The lowest BCUT2D eigenvalue weighted by atomic mass is 10.1. The fourth-order valence-corrected chi connectivity index (χ4v) is 1.51. The third-order valence-electron chi connectivity index (χ3n) is 2.32. The first-order chi connectivity index (χ1) is 7.75. The molecule has 0 fully saturated rings. The van der Waals surface area contributed by atoms with Crippen LogP contribution in [0.2, 0.25) is 0 Å². The third-order valence-corrected chi connectivity index (χ3v) is 2.32. The molecule has 2 N–H and O–H groups in total. The number of aliphatic imine (C=N–C) groups is 1. The van der Waals surface area contributed by atoms with E-state index in [2.05, 4.69) is 4.99 Å². The van der Waals surface area contributed by atoms with Gasteiger partial charge in [0.25, 0.3) is 0 Å². The maximum Gasteiger partial charge on any atom is 0.131 e. The van der Waals surface area contributed by atoms with Gasteiger partial charge in [0.2, 0.25) is 0 Å². The highest BCUT2D eigenvalue weighted by Gasteiger charge is 1.98. The van der Waals surface area contributed by atoms with Crippen LogP contribution in [0.3, 0.4) is 0 Å². The molecule has 0 spiro atoms. The Kier molecular flexibility index (Phi) is 4.73. The largest absolute Gasteiger partial charge is 0.383 e. The lowest BCUT2D eigenvalue weighted by Gasteiger charge is -2.02. The summed E-state index contributed by atoms with van der Waals surface area (Å²) in [5.41, 5.74) is 8.97. The van der Waals surface area contributed by atoms with Crippen molar-refractivity contribution in [3.63, 3.8) is 0 Å². The van der Waals surface area contributed by atoms with Crippen LogP contribution in [0.25, 0.3) is 0 Å². The lowest BCUT2D eigenvalue weighted by molar-refractivity contribution is 1.41. The van der Waals surface area contributed by atoms with Gasteiger partial charge in [-0.3, -0.25) is 0 Å². The van der Waals surface area contributed by atoms with E-state index < -0.39 is 0 Å². The Hall–Kier alpha value is -1.80. The molecule has 0 atom stereocenters. The van der Waals surface area contributed by atoms with E-state index in [0.29, 0.717) is 5.84 Å². The number of hydrogen-bond donors (Lipinski definition) is 1. The van der Waals surface area contributed by atoms with Crippen molar-refractivity contribution in [1.29, 1.82) is 0 Å². The normalized spacial score (nSPS) is 10.8. The van der Waals surface area contributed by atoms with E-state index in [4.69, 9.17) is 5.73 Å². The molecule has 0 amide bonds. The van der Waals surface area contributed by atoms with Crippen molar-refractivity contribution in [1.82, 2.24) is 0 Å². The van der Waals surface area contributed by atoms with Gasteiger partial charge in [-0.25, -0.2) is 4.99 Å². The summed E-state index contributed by atoms with van der Waals surface area (Å²) in [5, 5.41) is 0. The van der Waals surface area contributed by atoms with Gasteiger partial charge < -0.3 is 5.73 Å². The number of amidine groups is 1. The molecule has 0 saturated heterocycles. The first kappa shape index (κ1) is 13.3. The van der Waals surface area contributed by atoms with Gasteiger partial charge in [0.1, 0.15) is 5.84 Å². The zero-order chi connectivity index (χ0) is 11.4.